The van der Waals surface area contributed by atoms with Gasteiger partial charge in [-0.25, -0.2) is 0 Å². The Bertz CT molecular complexity index is 372. The van der Waals surface area contributed by atoms with Crippen molar-refractivity contribution in [3.63, 3.8) is 0 Å². The molecule has 2 unspecified atom stereocenters. The number of likely N-dealkylation sites (N-methyl/N-ethyl adjacent to an activating group) is 2. The van der Waals surface area contributed by atoms with Gasteiger partial charge >= 0.3 is 0 Å². The third-order valence-electron chi connectivity index (χ3n) is 3.35. The summed E-state index contributed by atoms with van der Waals surface area (Å²) in [6, 6.07) is 2.17. The van der Waals surface area contributed by atoms with Gasteiger partial charge in [-0.1, -0.05) is 25.4 Å². The molecule has 0 aromatic carbocycles. The van der Waals surface area contributed by atoms with E-state index in [0.29, 0.717) is 0 Å². The van der Waals surface area contributed by atoms with Crippen LogP contribution in [0.15, 0.2) is 11.4 Å². The number of nitrogens with one attached hydrogen (secondary N) is 1. The van der Waals surface area contributed by atoms with E-state index in [2.05, 4.69) is 24.1 Å². The molecule has 1 aromatic rings. The fourth-order valence-corrected chi connectivity index (χ4v) is 3.66. The predicted molar refractivity (Wildman–Crippen MR) is 77.6 cm³/mol. The van der Waals surface area contributed by atoms with Gasteiger partial charge < -0.3 is 10.1 Å². The molecular weight excluding hydrogens is 268 g/mol. The molecule has 2 heterocycles. The Morgan fingerprint density at radius 1 is 1.61 bits per heavy atom. The maximum absolute atomic E-state index is 6.26. The molecule has 0 aliphatic carbocycles. The number of ether oxygens (including phenoxy) is 1. The van der Waals surface area contributed by atoms with E-state index in [0.717, 1.165) is 37.8 Å². The smallest absolute Gasteiger partial charge is 0.0905 e. The fraction of sp³-hybridized carbons (Fsp3) is 0.692. The quantitative estimate of drug-likeness (QED) is 0.902. The molecule has 3 nitrogen and oxygen atoms in total. The number of morpholine rings is 1. The topological polar surface area (TPSA) is 24.5 Å². The molecule has 0 radical (unpaired) electrons. The van der Waals surface area contributed by atoms with Crippen LogP contribution in [-0.2, 0) is 4.74 Å². The molecule has 1 fully saturated rings. The van der Waals surface area contributed by atoms with Crippen LogP contribution in [0.1, 0.15) is 24.8 Å². The molecule has 0 saturated carbocycles. The van der Waals surface area contributed by atoms with E-state index < -0.39 is 0 Å². The SMILES string of the molecule is CCNC(c1sccc1Cl)C1CN(CC)CCO1. The first-order valence-corrected chi connectivity index (χ1v) is 7.82. The van der Waals surface area contributed by atoms with E-state index in [1.165, 1.54) is 4.88 Å². The fourth-order valence-electron chi connectivity index (χ4n) is 2.36. The summed E-state index contributed by atoms with van der Waals surface area (Å²) in [5, 5.41) is 6.41. The lowest BCUT2D eigenvalue weighted by Gasteiger charge is -2.36. The van der Waals surface area contributed by atoms with Gasteiger partial charge in [0.05, 0.1) is 23.8 Å². The van der Waals surface area contributed by atoms with Crippen molar-refractivity contribution in [1.29, 1.82) is 0 Å². The average Bonchev–Trinajstić information content (AvgIpc) is 2.82. The van der Waals surface area contributed by atoms with Crippen LogP contribution in [-0.4, -0.2) is 43.8 Å². The monoisotopic (exact) mass is 288 g/mol. The van der Waals surface area contributed by atoms with E-state index >= 15 is 0 Å². The highest BCUT2D eigenvalue weighted by Gasteiger charge is 2.30. The van der Waals surface area contributed by atoms with Crippen LogP contribution in [0.2, 0.25) is 5.02 Å². The van der Waals surface area contributed by atoms with Gasteiger partial charge in [0.15, 0.2) is 0 Å². The maximum atomic E-state index is 6.26. The summed E-state index contributed by atoms with van der Waals surface area (Å²) in [7, 11) is 0. The molecule has 2 rings (SSSR count). The third kappa shape index (κ3) is 3.25. The first-order chi connectivity index (χ1) is 8.76. The zero-order chi connectivity index (χ0) is 13.0. The van der Waals surface area contributed by atoms with Crippen LogP contribution in [0.3, 0.4) is 0 Å². The second-order valence-electron chi connectivity index (χ2n) is 4.47. The molecule has 1 aliphatic rings. The van der Waals surface area contributed by atoms with E-state index in [-0.39, 0.29) is 12.1 Å². The summed E-state index contributed by atoms with van der Waals surface area (Å²) in [5.41, 5.74) is 0. The number of hydrogen-bond donors (Lipinski definition) is 1. The number of nitrogens with zero attached hydrogens (tertiary/aromatic N) is 1. The first-order valence-electron chi connectivity index (χ1n) is 6.56. The van der Waals surface area contributed by atoms with Gasteiger partial charge in [0, 0.05) is 18.0 Å². The summed E-state index contributed by atoms with van der Waals surface area (Å²) < 4.78 is 5.95. The second kappa shape index (κ2) is 6.87. The largest absolute Gasteiger partial charge is 0.374 e. The Hall–Kier alpha value is -0.130. The lowest BCUT2D eigenvalue weighted by molar-refractivity contribution is -0.0447. The van der Waals surface area contributed by atoms with E-state index in [1.807, 2.05) is 11.4 Å². The Balaban J connectivity index is 2.12. The van der Waals surface area contributed by atoms with Crippen molar-refractivity contribution in [2.75, 3.05) is 32.8 Å². The predicted octanol–water partition coefficient (Wildman–Crippen LogP) is 2.77. The van der Waals surface area contributed by atoms with Gasteiger partial charge in [-0.05, 0) is 24.5 Å². The Labute approximate surface area is 118 Å². The molecule has 1 N–H and O–H groups in total. The van der Waals surface area contributed by atoms with Gasteiger partial charge in [0.1, 0.15) is 0 Å². The zero-order valence-electron chi connectivity index (χ0n) is 11.0. The van der Waals surface area contributed by atoms with Crippen LogP contribution in [0.5, 0.6) is 0 Å². The zero-order valence-corrected chi connectivity index (χ0v) is 12.6. The minimum absolute atomic E-state index is 0.190. The normalized spacial score (nSPS) is 23.2. The number of thiophene rings is 1. The molecule has 0 amide bonds. The van der Waals surface area contributed by atoms with E-state index in [4.69, 9.17) is 16.3 Å². The molecule has 0 bridgehead atoms. The van der Waals surface area contributed by atoms with Gasteiger partial charge in [0.25, 0.3) is 0 Å². The average molecular weight is 289 g/mol. The summed E-state index contributed by atoms with van der Waals surface area (Å²) in [6.07, 6.45) is 0.190. The van der Waals surface area contributed by atoms with Crippen molar-refractivity contribution in [2.45, 2.75) is 26.0 Å². The van der Waals surface area contributed by atoms with Crippen molar-refractivity contribution in [3.05, 3.63) is 21.3 Å². The first kappa shape index (κ1) is 14.3. The lowest BCUT2D eigenvalue weighted by Crippen LogP contribution is -2.47. The third-order valence-corrected chi connectivity index (χ3v) is 4.79. The molecule has 2 atom stereocenters. The van der Waals surface area contributed by atoms with E-state index in [9.17, 15) is 0 Å². The molecule has 5 heteroatoms. The maximum Gasteiger partial charge on any atom is 0.0905 e. The standard InChI is InChI=1S/C13H21ClN2OS/c1-3-15-12(13-10(14)5-8-18-13)11-9-16(4-2)6-7-17-11/h5,8,11-12,15H,3-4,6-7,9H2,1-2H3. The van der Waals surface area contributed by atoms with Crippen molar-refractivity contribution < 1.29 is 4.74 Å². The summed E-state index contributed by atoms with van der Waals surface area (Å²) in [6.45, 7) is 9.13. The Kier molecular flexibility index (Phi) is 5.45. The Morgan fingerprint density at radius 2 is 2.44 bits per heavy atom. The molecule has 1 saturated heterocycles. The van der Waals surface area contributed by atoms with Gasteiger partial charge in [0.2, 0.25) is 0 Å². The number of rotatable bonds is 5. The molecular formula is C13H21ClN2OS. The highest BCUT2D eigenvalue weighted by Crippen LogP contribution is 2.32. The van der Waals surface area contributed by atoms with Gasteiger partial charge in [-0.15, -0.1) is 11.3 Å². The highest BCUT2D eigenvalue weighted by atomic mass is 35.5. The molecule has 0 spiro atoms. The highest BCUT2D eigenvalue weighted by molar-refractivity contribution is 7.10. The summed E-state index contributed by atoms with van der Waals surface area (Å²) in [5.74, 6) is 0. The minimum Gasteiger partial charge on any atom is -0.374 e. The summed E-state index contributed by atoms with van der Waals surface area (Å²) in [4.78, 5) is 3.63. The van der Waals surface area contributed by atoms with Crippen LogP contribution >= 0.6 is 22.9 Å². The van der Waals surface area contributed by atoms with Crippen molar-refractivity contribution in [1.82, 2.24) is 10.2 Å². The summed E-state index contributed by atoms with van der Waals surface area (Å²) >= 11 is 7.97. The van der Waals surface area contributed by atoms with Crippen molar-refractivity contribution in [2.24, 2.45) is 0 Å². The molecule has 102 valence electrons. The Morgan fingerprint density at radius 3 is 3.06 bits per heavy atom. The van der Waals surface area contributed by atoms with Gasteiger partial charge in [-0.2, -0.15) is 0 Å². The number of halogens is 1. The van der Waals surface area contributed by atoms with E-state index in [1.54, 1.807) is 11.3 Å². The van der Waals surface area contributed by atoms with Crippen LogP contribution < -0.4 is 5.32 Å². The van der Waals surface area contributed by atoms with Crippen LogP contribution in [0.4, 0.5) is 0 Å². The van der Waals surface area contributed by atoms with Crippen molar-refractivity contribution in [3.8, 4) is 0 Å². The second-order valence-corrected chi connectivity index (χ2v) is 5.83. The van der Waals surface area contributed by atoms with Gasteiger partial charge in [-0.3, -0.25) is 4.90 Å². The van der Waals surface area contributed by atoms with Crippen LogP contribution in [0.25, 0.3) is 0 Å². The number of hydrogen-bond acceptors (Lipinski definition) is 4. The molecule has 1 aliphatic heterocycles. The van der Waals surface area contributed by atoms with Crippen molar-refractivity contribution >= 4 is 22.9 Å². The molecule has 1 aromatic heterocycles. The molecule has 18 heavy (non-hydrogen) atoms. The minimum atomic E-state index is 0.190. The lowest BCUT2D eigenvalue weighted by atomic mass is 10.1. The van der Waals surface area contributed by atoms with Crippen LogP contribution in [0, 0.1) is 0 Å².